The first-order valence-electron chi connectivity index (χ1n) is 2.80. The Morgan fingerprint density at radius 2 is 1.56 bits per heavy atom. The molecule has 0 bridgehead atoms. The van der Waals surface area contributed by atoms with Gasteiger partial charge in [-0.2, -0.15) is 0 Å². The van der Waals surface area contributed by atoms with Crippen molar-refractivity contribution in [2.24, 2.45) is 10.3 Å². The highest BCUT2D eigenvalue weighted by Crippen LogP contribution is 1.71. The van der Waals surface area contributed by atoms with E-state index in [9.17, 15) is 0 Å². The van der Waals surface area contributed by atoms with Gasteiger partial charge in [-0.25, -0.2) is 0 Å². The first kappa shape index (κ1) is 7.98. The highest BCUT2D eigenvalue weighted by Gasteiger charge is 1.67. The second-order valence-corrected chi connectivity index (χ2v) is 1.12. The van der Waals surface area contributed by atoms with Crippen molar-refractivity contribution in [1.29, 1.82) is 0 Å². The second kappa shape index (κ2) is 6.98. The molecule has 0 spiro atoms. The smallest absolute Gasteiger partial charge is 0.180 e. The third-order valence-corrected chi connectivity index (χ3v) is 0.469. The van der Waals surface area contributed by atoms with E-state index in [2.05, 4.69) is 26.0 Å². The second-order valence-electron chi connectivity index (χ2n) is 1.12. The van der Waals surface area contributed by atoms with Crippen LogP contribution < -0.4 is 0 Å². The van der Waals surface area contributed by atoms with Crippen LogP contribution in [0, 0.1) is 0 Å². The molecule has 52 valence electrons. The molecule has 0 aliphatic heterocycles. The van der Waals surface area contributed by atoms with E-state index in [1.807, 2.05) is 13.8 Å². The molecule has 0 amide bonds. The summed E-state index contributed by atoms with van der Waals surface area (Å²) in [6.07, 6.45) is 0. The van der Waals surface area contributed by atoms with Crippen molar-refractivity contribution < 1.29 is 9.68 Å². The number of hydrogen-bond donors (Lipinski definition) is 0. The molecule has 0 aliphatic rings. The number of nitrogens with zero attached hydrogens (tertiary/aromatic N) is 2. The molecule has 0 N–H and O–H groups in total. The van der Waals surface area contributed by atoms with E-state index in [0.29, 0.717) is 13.2 Å². The fraction of sp³-hybridized carbons (Fsp3) is 0.800. The molecule has 0 aromatic rings. The van der Waals surface area contributed by atoms with E-state index in [0.717, 1.165) is 0 Å². The van der Waals surface area contributed by atoms with Crippen molar-refractivity contribution >= 4 is 6.01 Å². The standard InChI is InChI=1S/C5H10N2O2/c1-3-8-6-5-7-9-4-2/h3-4H2,1-2H3. The Morgan fingerprint density at radius 3 is 1.89 bits per heavy atom. The third-order valence-electron chi connectivity index (χ3n) is 0.469. The lowest BCUT2D eigenvalue weighted by atomic mass is 10.9. The monoisotopic (exact) mass is 130 g/mol. The van der Waals surface area contributed by atoms with Crippen molar-refractivity contribution in [2.75, 3.05) is 13.2 Å². The van der Waals surface area contributed by atoms with E-state index in [1.54, 1.807) is 0 Å². The molecular weight excluding hydrogens is 120 g/mol. The largest absolute Gasteiger partial charge is 0.388 e. The molecule has 0 unspecified atom stereocenters. The van der Waals surface area contributed by atoms with Gasteiger partial charge in [0.2, 0.25) is 0 Å². The quantitative estimate of drug-likeness (QED) is 0.422. The van der Waals surface area contributed by atoms with Crippen molar-refractivity contribution in [1.82, 2.24) is 0 Å². The minimum absolute atomic E-state index is 0.522. The van der Waals surface area contributed by atoms with E-state index >= 15 is 0 Å². The van der Waals surface area contributed by atoms with Gasteiger partial charge in [0.15, 0.2) is 6.01 Å². The van der Waals surface area contributed by atoms with Crippen LogP contribution in [0.15, 0.2) is 10.3 Å². The Labute approximate surface area is 54.1 Å². The van der Waals surface area contributed by atoms with Crippen LogP contribution >= 0.6 is 0 Å². The highest BCUT2D eigenvalue weighted by atomic mass is 16.6. The zero-order chi connectivity index (χ0) is 6.95. The summed E-state index contributed by atoms with van der Waals surface area (Å²) < 4.78 is 0. The average molecular weight is 130 g/mol. The highest BCUT2D eigenvalue weighted by molar-refractivity contribution is 5.38. The minimum atomic E-state index is 0.522. The van der Waals surface area contributed by atoms with Crippen LogP contribution in [0.5, 0.6) is 0 Å². The van der Waals surface area contributed by atoms with Crippen LogP contribution in [0.2, 0.25) is 0 Å². The van der Waals surface area contributed by atoms with Gasteiger partial charge >= 0.3 is 0 Å². The van der Waals surface area contributed by atoms with Gasteiger partial charge in [-0.15, -0.1) is 0 Å². The van der Waals surface area contributed by atoms with Crippen LogP contribution in [-0.2, 0) is 9.68 Å². The minimum Gasteiger partial charge on any atom is -0.388 e. The topological polar surface area (TPSA) is 43.2 Å². The summed E-state index contributed by atoms with van der Waals surface area (Å²) >= 11 is 0. The molecule has 0 aromatic carbocycles. The predicted octanol–water partition coefficient (Wildman–Crippen LogP) is 1.06. The van der Waals surface area contributed by atoms with Gasteiger partial charge in [-0.3, -0.25) is 0 Å². The van der Waals surface area contributed by atoms with Gasteiger partial charge in [0.25, 0.3) is 0 Å². The van der Waals surface area contributed by atoms with E-state index in [-0.39, 0.29) is 0 Å². The molecule has 4 heteroatoms. The lowest BCUT2D eigenvalue weighted by Crippen LogP contribution is -1.78. The Hall–Kier alpha value is -1.02. The summed E-state index contributed by atoms with van der Waals surface area (Å²) in [5.41, 5.74) is 0. The maximum Gasteiger partial charge on any atom is 0.180 e. The zero-order valence-corrected chi connectivity index (χ0v) is 5.63. The van der Waals surface area contributed by atoms with Gasteiger partial charge in [0.1, 0.15) is 13.2 Å². The lowest BCUT2D eigenvalue weighted by Gasteiger charge is -1.84. The summed E-state index contributed by atoms with van der Waals surface area (Å²) in [7, 11) is 0. The van der Waals surface area contributed by atoms with Crippen LogP contribution in [-0.4, -0.2) is 19.2 Å². The average Bonchev–Trinajstić information content (AvgIpc) is 1.89. The number of rotatable bonds is 4. The molecule has 9 heavy (non-hydrogen) atoms. The summed E-state index contributed by atoms with van der Waals surface area (Å²) in [6.45, 7) is 4.70. The van der Waals surface area contributed by atoms with Crippen molar-refractivity contribution in [3.05, 3.63) is 0 Å². The van der Waals surface area contributed by atoms with E-state index in [1.165, 1.54) is 0 Å². The zero-order valence-electron chi connectivity index (χ0n) is 5.63. The fourth-order valence-corrected chi connectivity index (χ4v) is 0.204. The van der Waals surface area contributed by atoms with Gasteiger partial charge in [0.05, 0.1) is 0 Å². The maximum atomic E-state index is 4.52. The molecule has 0 heterocycles. The lowest BCUT2D eigenvalue weighted by molar-refractivity contribution is 0.146. The summed E-state index contributed by atoms with van der Waals surface area (Å²) in [4.78, 5) is 9.04. The Kier molecular flexibility index (Phi) is 6.19. The van der Waals surface area contributed by atoms with Crippen LogP contribution in [0.3, 0.4) is 0 Å². The van der Waals surface area contributed by atoms with Crippen molar-refractivity contribution in [2.45, 2.75) is 13.8 Å². The Balaban J connectivity index is 3.18. The first-order chi connectivity index (χ1) is 4.41. The molecule has 0 radical (unpaired) electrons. The van der Waals surface area contributed by atoms with Gasteiger partial charge < -0.3 is 9.68 Å². The molecular formula is C5H10N2O2. The van der Waals surface area contributed by atoms with Crippen molar-refractivity contribution in [3.63, 3.8) is 0 Å². The molecule has 0 aliphatic carbocycles. The van der Waals surface area contributed by atoms with Crippen LogP contribution in [0.4, 0.5) is 0 Å². The molecule has 0 saturated heterocycles. The normalized spacial score (nSPS) is 7.33. The summed E-state index contributed by atoms with van der Waals surface area (Å²) in [5.74, 6) is 0. The summed E-state index contributed by atoms with van der Waals surface area (Å²) in [6, 6.07) is 2.19. The first-order valence-corrected chi connectivity index (χ1v) is 2.80. The molecule has 0 saturated carbocycles. The third kappa shape index (κ3) is 6.98. The molecule has 0 fully saturated rings. The molecule has 0 rings (SSSR count). The maximum absolute atomic E-state index is 4.52. The van der Waals surface area contributed by atoms with E-state index < -0.39 is 0 Å². The molecule has 0 atom stereocenters. The van der Waals surface area contributed by atoms with Gasteiger partial charge in [-0.05, 0) is 24.2 Å². The predicted molar refractivity (Wildman–Crippen MR) is 33.1 cm³/mol. The fourth-order valence-electron chi connectivity index (χ4n) is 0.204. The summed E-state index contributed by atoms with van der Waals surface area (Å²) in [5, 5.41) is 6.57. The van der Waals surface area contributed by atoms with Gasteiger partial charge in [-0.1, -0.05) is 0 Å². The molecule has 4 nitrogen and oxygen atoms in total. The number of hydrogen-bond acceptors (Lipinski definition) is 4. The van der Waals surface area contributed by atoms with Crippen LogP contribution in [0.1, 0.15) is 13.8 Å². The van der Waals surface area contributed by atoms with Gasteiger partial charge in [0, 0.05) is 0 Å². The van der Waals surface area contributed by atoms with E-state index in [4.69, 9.17) is 0 Å². The Bertz CT molecular complexity index is 97.5. The Morgan fingerprint density at radius 1 is 1.11 bits per heavy atom. The molecule has 0 aromatic heterocycles. The van der Waals surface area contributed by atoms with Crippen LogP contribution in [0.25, 0.3) is 0 Å². The van der Waals surface area contributed by atoms with Crippen molar-refractivity contribution in [3.8, 4) is 0 Å². The SMILES string of the molecule is CCON=C=NOCC.